The quantitative estimate of drug-likeness (QED) is 0.645. The summed E-state index contributed by atoms with van der Waals surface area (Å²) in [4.78, 5) is 26.7. The fourth-order valence-electron chi connectivity index (χ4n) is 3.09. The summed E-state index contributed by atoms with van der Waals surface area (Å²) in [7, 11) is -1.62. The molecule has 146 valence electrons. The smallest absolute Gasteiger partial charge is 0.348 e. The summed E-state index contributed by atoms with van der Waals surface area (Å²) >= 11 is 1.31. The lowest BCUT2D eigenvalue weighted by Crippen LogP contribution is -2.45. The van der Waals surface area contributed by atoms with Crippen LogP contribution < -0.4 is 0 Å². The molecule has 0 bridgehead atoms. The van der Waals surface area contributed by atoms with Gasteiger partial charge in [0, 0.05) is 24.4 Å². The first-order chi connectivity index (χ1) is 12.9. The third kappa shape index (κ3) is 4.85. The van der Waals surface area contributed by atoms with Gasteiger partial charge in [0.1, 0.15) is 4.88 Å². The number of methoxy groups -OCH3 is 1. The Morgan fingerprint density at radius 2 is 2.07 bits per heavy atom. The molecule has 0 saturated carbocycles. The maximum Gasteiger partial charge on any atom is 0.348 e. The number of rotatable bonds is 7. The summed E-state index contributed by atoms with van der Waals surface area (Å²) in [5.41, 5.74) is 0. The molecule has 1 aliphatic heterocycles. The van der Waals surface area contributed by atoms with Gasteiger partial charge in [0.05, 0.1) is 18.1 Å². The van der Waals surface area contributed by atoms with Gasteiger partial charge in [-0.2, -0.15) is 0 Å². The molecule has 9 heteroatoms. The van der Waals surface area contributed by atoms with Gasteiger partial charge in [0.15, 0.2) is 16.4 Å². The lowest BCUT2D eigenvalue weighted by Gasteiger charge is -2.27. The molecular formula is C18H21NO6S2. The first-order valence-electron chi connectivity index (χ1n) is 8.54. The number of amides is 1. The Balaban J connectivity index is 1.63. The topological polar surface area (TPSA) is 90.0 Å². The van der Waals surface area contributed by atoms with Crippen molar-refractivity contribution in [3.8, 4) is 0 Å². The van der Waals surface area contributed by atoms with E-state index in [-0.39, 0.29) is 24.7 Å². The Bertz CT molecular complexity index is 903. The number of esters is 1. The van der Waals surface area contributed by atoms with Gasteiger partial charge in [0.25, 0.3) is 5.91 Å². The molecule has 0 aliphatic carbocycles. The van der Waals surface area contributed by atoms with Crippen LogP contribution in [0.25, 0.3) is 10.1 Å². The predicted molar refractivity (Wildman–Crippen MR) is 103 cm³/mol. The van der Waals surface area contributed by atoms with Crippen LogP contribution in [0.15, 0.2) is 30.3 Å². The number of carbonyl (C=O) groups is 2. The van der Waals surface area contributed by atoms with Gasteiger partial charge in [-0.05, 0) is 23.9 Å². The van der Waals surface area contributed by atoms with Crippen molar-refractivity contribution in [1.82, 2.24) is 4.90 Å². The molecule has 3 rings (SSSR count). The Morgan fingerprint density at radius 1 is 1.30 bits per heavy atom. The molecule has 0 N–H and O–H groups in total. The van der Waals surface area contributed by atoms with Gasteiger partial charge in [-0.25, -0.2) is 13.2 Å². The molecule has 1 aromatic carbocycles. The van der Waals surface area contributed by atoms with Gasteiger partial charge in [-0.3, -0.25) is 4.79 Å². The second-order valence-electron chi connectivity index (χ2n) is 6.36. The van der Waals surface area contributed by atoms with Crippen LogP contribution in [0.1, 0.15) is 16.1 Å². The molecule has 27 heavy (non-hydrogen) atoms. The van der Waals surface area contributed by atoms with Crippen molar-refractivity contribution in [3.63, 3.8) is 0 Å². The molecule has 1 amide bonds. The Hall–Kier alpha value is -1.97. The average molecular weight is 412 g/mol. The average Bonchev–Trinajstić information content (AvgIpc) is 3.23. The Labute approximate surface area is 161 Å². The van der Waals surface area contributed by atoms with E-state index < -0.39 is 34.4 Å². The van der Waals surface area contributed by atoms with Crippen molar-refractivity contribution in [2.75, 3.05) is 38.4 Å². The molecule has 0 unspecified atom stereocenters. The molecule has 1 saturated heterocycles. The predicted octanol–water partition coefficient (Wildman–Crippen LogP) is 1.72. The second-order valence-corrected chi connectivity index (χ2v) is 9.67. The van der Waals surface area contributed by atoms with Crippen molar-refractivity contribution in [3.05, 3.63) is 35.2 Å². The van der Waals surface area contributed by atoms with Gasteiger partial charge in [-0.15, -0.1) is 11.3 Å². The van der Waals surface area contributed by atoms with Crippen molar-refractivity contribution >= 4 is 43.1 Å². The van der Waals surface area contributed by atoms with Crippen LogP contribution in [0, 0.1) is 0 Å². The van der Waals surface area contributed by atoms with Crippen molar-refractivity contribution in [2.45, 2.75) is 12.5 Å². The molecule has 1 aromatic heterocycles. The van der Waals surface area contributed by atoms with Gasteiger partial charge >= 0.3 is 5.97 Å². The number of thiophene rings is 1. The highest BCUT2D eigenvalue weighted by atomic mass is 32.2. The van der Waals surface area contributed by atoms with Crippen molar-refractivity contribution in [2.24, 2.45) is 0 Å². The number of ether oxygens (including phenoxy) is 2. The Kier molecular flexibility index (Phi) is 6.13. The lowest BCUT2D eigenvalue weighted by atomic mass is 10.2. The standard InChI is InChI=1S/C18H21NO6S2/c1-24-8-7-19(14-6-9-27(22,23)12-14)17(20)11-25-18(21)16-10-13-4-2-3-5-15(13)26-16/h2-5,10,14H,6-9,11-12H2,1H3/t14-/m1/s1. The maximum absolute atomic E-state index is 12.6. The zero-order chi connectivity index (χ0) is 19.4. The van der Waals surface area contributed by atoms with E-state index >= 15 is 0 Å². The van der Waals surface area contributed by atoms with Crippen LogP contribution in [-0.2, 0) is 24.1 Å². The number of nitrogens with zero attached hydrogens (tertiary/aromatic N) is 1. The number of hydrogen-bond donors (Lipinski definition) is 0. The summed E-state index contributed by atoms with van der Waals surface area (Å²) in [6.07, 6.45) is 0.391. The van der Waals surface area contributed by atoms with E-state index in [1.807, 2.05) is 24.3 Å². The fraction of sp³-hybridized carbons (Fsp3) is 0.444. The van der Waals surface area contributed by atoms with Crippen molar-refractivity contribution < 1.29 is 27.5 Å². The number of carbonyl (C=O) groups excluding carboxylic acids is 2. The fourth-order valence-corrected chi connectivity index (χ4v) is 5.77. The summed E-state index contributed by atoms with van der Waals surface area (Å²) in [5, 5.41) is 0.943. The zero-order valence-corrected chi connectivity index (χ0v) is 16.6. The van der Waals surface area contributed by atoms with E-state index in [0.29, 0.717) is 11.3 Å². The second kappa shape index (κ2) is 8.37. The largest absolute Gasteiger partial charge is 0.451 e. The van der Waals surface area contributed by atoms with Crippen LogP contribution in [0.4, 0.5) is 0 Å². The summed E-state index contributed by atoms with van der Waals surface area (Å²) in [6, 6.07) is 8.92. The van der Waals surface area contributed by atoms with Crippen LogP contribution in [0.2, 0.25) is 0 Å². The minimum Gasteiger partial charge on any atom is -0.451 e. The van der Waals surface area contributed by atoms with Gasteiger partial charge in [0.2, 0.25) is 0 Å². The molecule has 0 radical (unpaired) electrons. The zero-order valence-electron chi connectivity index (χ0n) is 14.9. The lowest BCUT2D eigenvalue weighted by molar-refractivity contribution is -0.137. The molecule has 2 aromatic rings. The highest BCUT2D eigenvalue weighted by molar-refractivity contribution is 7.91. The van der Waals surface area contributed by atoms with E-state index in [9.17, 15) is 18.0 Å². The SMILES string of the molecule is COCCN(C(=O)COC(=O)c1cc2ccccc2s1)[C@@H]1CCS(=O)(=O)C1. The van der Waals surface area contributed by atoms with Crippen LogP contribution in [0.3, 0.4) is 0 Å². The number of benzene rings is 1. The molecule has 1 aliphatic rings. The normalized spacial score (nSPS) is 18.5. The molecule has 7 nitrogen and oxygen atoms in total. The minimum atomic E-state index is -3.13. The molecule has 1 fully saturated rings. The number of hydrogen-bond acceptors (Lipinski definition) is 7. The van der Waals surface area contributed by atoms with Crippen molar-refractivity contribution in [1.29, 1.82) is 0 Å². The molecular weight excluding hydrogens is 390 g/mol. The van der Waals surface area contributed by atoms with Gasteiger partial charge in [-0.1, -0.05) is 18.2 Å². The van der Waals surface area contributed by atoms with Crippen LogP contribution in [-0.4, -0.2) is 69.6 Å². The summed E-state index contributed by atoms with van der Waals surface area (Å²) < 4.78 is 34.6. The van der Waals surface area contributed by atoms with E-state index in [4.69, 9.17) is 9.47 Å². The third-order valence-corrected chi connectivity index (χ3v) is 7.31. The molecule has 1 atom stereocenters. The highest BCUT2D eigenvalue weighted by Crippen LogP contribution is 2.26. The van der Waals surface area contributed by atoms with E-state index in [1.165, 1.54) is 23.3 Å². The number of sulfone groups is 1. The first kappa shape index (κ1) is 19.8. The summed E-state index contributed by atoms with van der Waals surface area (Å²) in [5.74, 6) is -0.971. The summed E-state index contributed by atoms with van der Waals surface area (Å²) in [6.45, 7) is 0.121. The van der Waals surface area contributed by atoms with Crippen LogP contribution >= 0.6 is 11.3 Å². The van der Waals surface area contributed by atoms with Crippen LogP contribution in [0.5, 0.6) is 0 Å². The highest BCUT2D eigenvalue weighted by Gasteiger charge is 2.34. The monoisotopic (exact) mass is 411 g/mol. The van der Waals surface area contributed by atoms with Gasteiger partial charge < -0.3 is 14.4 Å². The minimum absolute atomic E-state index is 0.0628. The number of fused-ring (bicyclic) bond motifs is 1. The van der Waals surface area contributed by atoms with E-state index in [0.717, 1.165) is 10.1 Å². The Morgan fingerprint density at radius 3 is 2.74 bits per heavy atom. The first-order valence-corrected chi connectivity index (χ1v) is 11.2. The van der Waals surface area contributed by atoms with E-state index in [1.54, 1.807) is 6.07 Å². The van der Waals surface area contributed by atoms with E-state index in [2.05, 4.69) is 0 Å². The third-order valence-electron chi connectivity index (χ3n) is 4.46. The maximum atomic E-state index is 12.6. The molecule has 0 spiro atoms. The molecule has 2 heterocycles.